The number of nitrogens with one attached hydrogen (secondary N) is 1. The molecule has 5 heteroatoms. The number of likely N-dealkylation sites (tertiary alicyclic amines) is 1. The molecule has 1 aliphatic heterocycles. The summed E-state index contributed by atoms with van der Waals surface area (Å²) in [5.41, 5.74) is 8.60. The summed E-state index contributed by atoms with van der Waals surface area (Å²) >= 11 is 0. The van der Waals surface area contributed by atoms with E-state index >= 15 is 0 Å². The summed E-state index contributed by atoms with van der Waals surface area (Å²) in [6.45, 7) is 3.18. The van der Waals surface area contributed by atoms with E-state index < -0.39 is 0 Å². The predicted molar refractivity (Wildman–Crippen MR) is 82.5 cm³/mol. The lowest BCUT2D eigenvalue weighted by atomic mass is 10.0. The van der Waals surface area contributed by atoms with E-state index in [1.165, 1.54) is 12.8 Å². The van der Waals surface area contributed by atoms with Crippen LogP contribution in [0.4, 0.5) is 5.69 Å². The number of nitrogen functional groups attached to an aromatic ring is 1. The molecule has 1 aromatic heterocycles. The highest BCUT2D eigenvalue weighted by molar-refractivity contribution is 5.78. The maximum Gasteiger partial charge on any atom is 0.121 e. The minimum absolute atomic E-state index is 0.724. The number of fused-ring (bicyclic) bond motifs is 1. The van der Waals surface area contributed by atoms with Gasteiger partial charge >= 0.3 is 0 Å². The number of benzene rings is 1. The average molecular weight is 273 g/mol. The quantitative estimate of drug-likeness (QED) is 0.835. The molecule has 5 nitrogen and oxygen atoms in total. The standard InChI is InChI=1S/C15H23N5/c1-19(2)12-5-7-20(8-6-12)10-15-17-13-4-3-11(16)9-14(13)18-15/h3-4,9,12H,5-8,10,16H2,1-2H3,(H,17,18). The Labute approximate surface area is 119 Å². The first-order valence-corrected chi connectivity index (χ1v) is 7.25. The van der Waals surface area contributed by atoms with Gasteiger partial charge in [-0.05, 0) is 45.1 Å². The van der Waals surface area contributed by atoms with Gasteiger partial charge in [-0.1, -0.05) is 0 Å². The number of hydrogen-bond donors (Lipinski definition) is 2. The summed E-state index contributed by atoms with van der Waals surface area (Å²) in [5.74, 6) is 1.04. The summed E-state index contributed by atoms with van der Waals surface area (Å²) in [6.07, 6.45) is 2.47. The molecule has 1 fully saturated rings. The van der Waals surface area contributed by atoms with Gasteiger partial charge in [0.2, 0.25) is 0 Å². The van der Waals surface area contributed by atoms with Gasteiger partial charge in [-0.15, -0.1) is 0 Å². The molecule has 20 heavy (non-hydrogen) atoms. The van der Waals surface area contributed by atoms with Crippen molar-refractivity contribution in [3.63, 3.8) is 0 Å². The molecule has 0 bridgehead atoms. The van der Waals surface area contributed by atoms with E-state index in [-0.39, 0.29) is 0 Å². The van der Waals surface area contributed by atoms with Crippen LogP contribution in [0.2, 0.25) is 0 Å². The first-order valence-electron chi connectivity index (χ1n) is 7.25. The first-order chi connectivity index (χ1) is 9.61. The number of anilines is 1. The Balaban J connectivity index is 1.65. The summed E-state index contributed by atoms with van der Waals surface area (Å²) < 4.78 is 0. The number of imidazole rings is 1. The van der Waals surface area contributed by atoms with Crippen molar-refractivity contribution in [3.8, 4) is 0 Å². The number of H-pyrrole nitrogens is 1. The monoisotopic (exact) mass is 273 g/mol. The Kier molecular flexibility index (Phi) is 3.63. The van der Waals surface area contributed by atoms with Crippen molar-refractivity contribution in [2.75, 3.05) is 32.9 Å². The SMILES string of the molecule is CN(C)C1CCN(Cc2nc3ccc(N)cc3[nH]2)CC1. The molecule has 108 valence electrons. The van der Waals surface area contributed by atoms with Gasteiger partial charge in [0.1, 0.15) is 5.82 Å². The zero-order valence-corrected chi connectivity index (χ0v) is 12.3. The fraction of sp³-hybridized carbons (Fsp3) is 0.533. The van der Waals surface area contributed by atoms with Crippen LogP contribution in [0, 0.1) is 0 Å². The topological polar surface area (TPSA) is 61.2 Å². The second-order valence-corrected chi connectivity index (χ2v) is 5.93. The molecule has 0 unspecified atom stereocenters. The highest BCUT2D eigenvalue weighted by atomic mass is 15.2. The zero-order valence-electron chi connectivity index (χ0n) is 12.3. The molecule has 0 spiro atoms. The Morgan fingerprint density at radius 2 is 2.10 bits per heavy atom. The lowest BCUT2D eigenvalue weighted by molar-refractivity contribution is 0.138. The van der Waals surface area contributed by atoms with Gasteiger partial charge in [0, 0.05) is 24.8 Å². The van der Waals surface area contributed by atoms with Crippen LogP contribution >= 0.6 is 0 Å². The summed E-state index contributed by atoms with van der Waals surface area (Å²) in [7, 11) is 4.34. The average Bonchev–Trinajstić information content (AvgIpc) is 2.80. The van der Waals surface area contributed by atoms with Gasteiger partial charge in [-0.2, -0.15) is 0 Å². The molecule has 0 aliphatic carbocycles. The summed E-state index contributed by atoms with van der Waals surface area (Å²) in [4.78, 5) is 12.8. The number of rotatable bonds is 3. The van der Waals surface area contributed by atoms with Crippen LogP contribution in [0.25, 0.3) is 11.0 Å². The van der Waals surface area contributed by atoms with Crippen molar-refractivity contribution < 1.29 is 0 Å². The lowest BCUT2D eigenvalue weighted by Crippen LogP contribution is -2.41. The van der Waals surface area contributed by atoms with E-state index in [0.717, 1.165) is 48.2 Å². The molecule has 1 saturated heterocycles. The number of hydrogen-bond acceptors (Lipinski definition) is 4. The number of nitrogens with two attached hydrogens (primary N) is 1. The van der Waals surface area contributed by atoms with Crippen LogP contribution in [-0.4, -0.2) is 53.0 Å². The Hall–Kier alpha value is -1.59. The van der Waals surface area contributed by atoms with E-state index in [9.17, 15) is 0 Å². The maximum absolute atomic E-state index is 5.80. The molecule has 1 aliphatic rings. The molecule has 0 radical (unpaired) electrons. The fourth-order valence-electron chi connectivity index (χ4n) is 2.96. The van der Waals surface area contributed by atoms with Crippen molar-refractivity contribution in [2.24, 2.45) is 0 Å². The fourth-order valence-corrected chi connectivity index (χ4v) is 2.96. The van der Waals surface area contributed by atoms with Gasteiger partial charge < -0.3 is 15.6 Å². The molecule has 3 N–H and O–H groups in total. The summed E-state index contributed by atoms with van der Waals surface area (Å²) in [5, 5.41) is 0. The molecule has 0 amide bonds. The van der Waals surface area contributed by atoms with Crippen LogP contribution in [0.15, 0.2) is 18.2 Å². The van der Waals surface area contributed by atoms with Crippen molar-refractivity contribution in [1.82, 2.24) is 19.8 Å². The van der Waals surface area contributed by atoms with Crippen molar-refractivity contribution in [1.29, 1.82) is 0 Å². The molecule has 0 atom stereocenters. The van der Waals surface area contributed by atoms with Gasteiger partial charge in [-0.25, -0.2) is 4.98 Å². The smallest absolute Gasteiger partial charge is 0.121 e. The van der Waals surface area contributed by atoms with Gasteiger partial charge in [-0.3, -0.25) is 4.90 Å². The van der Waals surface area contributed by atoms with Gasteiger partial charge in [0.05, 0.1) is 17.6 Å². The van der Waals surface area contributed by atoms with Gasteiger partial charge in [0.25, 0.3) is 0 Å². The van der Waals surface area contributed by atoms with E-state index in [0.29, 0.717) is 0 Å². The van der Waals surface area contributed by atoms with Crippen molar-refractivity contribution in [3.05, 3.63) is 24.0 Å². The van der Waals surface area contributed by atoms with Crippen LogP contribution < -0.4 is 5.73 Å². The molecule has 0 saturated carbocycles. The van der Waals surface area contributed by atoms with Crippen LogP contribution in [0.1, 0.15) is 18.7 Å². The number of aromatic nitrogens is 2. The molecular formula is C15H23N5. The second kappa shape index (κ2) is 5.42. The lowest BCUT2D eigenvalue weighted by Gasteiger charge is -2.34. The highest BCUT2D eigenvalue weighted by Gasteiger charge is 2.21. The minimum atomic E-state index is 0.724. The normalized spacial score (nSPS) is 18.1. The summed E-state index contributed by atoms with van der Waals surface area (Å²) in [6, 6.07) is 6.55. The number of nitrogens with zero attached hydrogens (tertiary/aromatic N) is 3. The van der Waals surface area contributed by atoms with Gasteiger partial charge in [0.15, 0.2) is 0 Å². The molecule has 3 rings (SSSR count). The first kappa shape index (κ1) is 13.4. The maximum atomic E-state index is 5.80. The van der Waals surface area contributed by atoms with E-state index in [1.54, 1.807) is 0 Å². The molecule has 2 heterocycles. The molecular weight excluding hydrogens is 250 g/mol. The number of piperidine rings is 1. The largest absolute Gasteiger partial charge is 0.399 e. The zero-order chi connectivity index (χ0) is 14.1. The number of aromatic amines is 1. The Bertz CT molecular complexity index is 581. The van der Waals surface area contributed by atoms with Crippen LogP contribution in [0.5, 0.6) is 0 Å². The Morgan fingerprint density at radius 3 is 2.80 bits per heavy atom. The molecule has 2 aromatic rings. The molecule has 1 aromatic carbocycles. The van der Waals surface area contributed by atoms with Crippen molar-refractivity contribution in [2.45, 2.75) is 25.4 Å². The third-order valence-corrected chi connectivity index (χ3v) is 4.22. The van der Waals surface area contributed by atoms with E-state index in [2.05, 4.69) is 33.9 Å². The highest BCUT2D eigenvalue weighted by Crippen LogP contribution is 2.18. The third-order valence-electron chi connectivity index (χ3n) is 4.22. The van der Waals surface area contributed by atoms with Crippen LogP contribution in [-0.2, 0) is 6.54 Å². The van der Waals surface area contributed by atoms with Crippen molar-refractivity contribution >= 4 is 16.7 Å². The Morgan fingerprint density at radius 1 is 1.35 bits per heavy atom. The minimum Gasteiger partial charge on any atom is -0.399 e. The second-order valence-electron chi connectivity index (χ2n) is 5.93. The third kappa shape index (κ3) is 2.78. The predicted octanol–water partition coefficient (Wildman–Crippen LogP) is 1.67. The van der Waals surface area contributed by atoms with E-state index in [1.807, 2.05) is 18.2 Å². The van der Waals surface area contributed by atoms with Crippen LogP contribution in [0.3, 0.4) is 0 Å². The van der Waals surface area contributed by atoms with E-state index in [4.69, 9.17) is 5.73 Å².